The average Bonchev–Trinajstić information content (AvgIpc) is 3.09. The first-order chi connectivity index (χ1) is 16.5. The van der Waals surface area contributed by atoms with Crippen molar-refractivity contribution in [3.8, 4) is 5.75 Å². The van der Waals surface area contributed by atoms with Crippen LogP contribution in [0.3, 0.4) is 0 Å². The topological polar surface area (TPSA) is 49.9 Å². The fourth-order valence-corrected chi connectivity index (χ4v) is 4.92. The molecule has 0 saturated heterocycles. The van der Waals surface area contributed by atoms with Crippen molar-refractivity contribution in [1.82, 2.24) is 4.90 Å². The summed E-state index contributed by atoms with van der Waals surface area (Å²) in [5, 5.41) is 0. The Morgan fingerprint density at radius 1 is 0.882 bits per heavy atom. The molecule has 0 N–H and O–H groups in total. The van der Waals surface area contributed by atoms with Crippen LogP contribution in [-0.4, -0.2) is 29.9 Å². The summed E-state index contributed by atoms with van der Waals surface area (Å²) in [5.41, 5.74) is 6.77. The molecule has 0 radical (unpaired) electrons. The fraction of sp³-hybridized carbons (Fsp3) is 0.241. The van der Waals surface area contributed by atoms with Gasteiger partial charge < -0.3 is 9.64 Å². The van der Waals surface area contributed by atoms with Crippen LogP contribution in [0, 0.1) is 13.8 Å². The molecule has 0 saturated carbocycles. The summed E-state index contributed by atoms with van der Waals surface area (Å²) in [6.45, 7) is 7.74. The van der Waals surface area contributed by atoms with Gasteiger partial charge in [-0.3, -0.25) is 9.59 Å². The van der Waals surface area contributed by atoms with Crippen LogP contribution in [0.4, 0.5) is 5.69 Å². The summed E-state index contributed by atoms with van der Waals surface area (Å²) in [6, 6.07) is 21.6. The Labute approximate surface area is 200 Å². The lowest BCUT2D eigenvalue weighted by Crippen LogP contribution is -2.37. The third kappa shape index (κ3) is 3.77. The van der Waals surface area contributed by atoms with Crippen molar-refractivity contribution >= 4 is 23.1 Å². The molecule has 0 aromatic heterocycles. The molecule has 2 aliphatic rings. The molecule has 0 aliphatic carbocycles. The summed E-state index contributed by atoms with van der Waals surface area (Å²) in [7, 11) is 0. The van der Waals surface area contributed by atoms with Crippen LogP contribution in [0.5, 0.6) is 5.75 Å². The number of carbonyl (C=O) groups excluding carboxylic acids is 2. The van der Waals surface area contributed by atoms with E-state index in [4.69, 9.17) is 4.74 Å². The predicted octanol–water partition coefficient (Wildman–Crippen LogP) is 5.04. The van der Waals surface area contributed by atoms with E-state index in [9.17, 15) is 9.59 Å². The molecule has 0 unspecified atom stereocenters. The second-order valence-corrected chi connectivity index (χ2v) is 8.86. The Morgan fingerprint density at radius 3 is 2.32 bits per heavy atom. The van der Waals surface area contributed by atoms with E-state index in [2.05, 4.69) is 17.0 Å². The Balaban J connectivity index is 1.61. The molecule has 5 heteroatoms. The van der Waals surface area contributed by atoms with E-state index < -0.39 is 0 Å². The van der Waals surface area contributed by atoms with Gasteiger partial charge in [0.05, 0.1) is 17.9 Å². The molecule has 3 aromatic carbocycles. The van der Waals surface area contributed by atoms with Crippen molar-refractivity contribution in [3.05, 3.63) is 100 Å². The summed E-state index contributed by atoms with van der Waals surface area (Å²) in [5.74, 6) is 0.193. The third-order valence-electron chi connectivity index (χ3n) is 6.55. The van der Waals surface area contributed by atoms with Gasteiger partial charge in [-0.1, -0.05) is 54.1 Å². The molecule has 0 spiro atoms. The van der Waals surface area contributed by atoms with Crippen LogP contribution in [0.2, 0.25) is 0 Å². The first-order valence-corrected chi connectivity index (χ1v) is 11.7. The second kappa shape index (κ2) is 8.82. The maximum Gasteiger partial charge on any atom is 0.282 e. The Kier molecular flexibility index (Phi) is 5.70. The van der Waals surface area contributed by atoms with E-state index in [1.165, 1.54) is 16.0 Å². The van der Waals surface area contributed by atoms with E-state index in [-0.39, 0.29) is 11.8 Å². The van der Waals surface area contributed by atoms with Crippen molar-refractivity contribution in [3.63, 3.8) is 0 Å². The lowest BCUT2D eigenvalue weighted by molar-refractivity contribution is -0.120. The minimum atomic E-state index is -0.282. The maximum atomic E-state index is 13.9. The van der Waals surface area contributed by atoms with Gasteiger partial charge in [0.1, 0.15) is 11.4 Å². The highest BCUT2D eigenvalue weighted by Crippen LogP contribution is 2.38. The number of carbonyl (C=O) groups is 2. The van der Waals surface area contributed by atoms with Gasteiger partial charge in [0.25, 0.3) is 11.8 Å². The number of hydrogen-bond acceptors (Lipinski definition) is 4. The molecule has 2 amide bonds. The molecule has 2 aliphatic heterocycles. The first kappa shape index (κ1) is 22.0. The van der Waals surface area contributed by atoms with Crippen molar-refractivity contribution < 1.29 is 14.3 Å². The van der Waals surface area contributed by atoms with Crippen LogP contribution >= 0.6 is 0 Å². The van der Waals surface area contributed by atoms with E-state index >= 15 is 0 Å². The Morgan fingerprint density at radius 2 is 1.62 bits per heavy atom. The van der Waals surface area contributed by atoms with Crippen LogP contribution in [-0.2, 0) is 22.6 Å². The SMILES string of the molecule is CCOc1ccc(C2=C(N3CCc4ccccc4C3)C(=O)N(c3ccc(C)cc3C)C2=O)cc1. The molecule has 5 nitrogen and oxygen atoms in total. The van der Waals surface area contributed by atoms with Gasteiger partial charge in [-0.05, 0) is 67.6 Å². The van der Waals surface area contributed by atoms with Crippen LogP contribution in [0.15, 0.2) is 72.4 Å². The summed E-state index contributed by atoms with van der Waals surface area (Å²) < 4.78 is 5.58. The highest BCUT2D eigenvalue weighted by atomic mass is 16.5. The molecule has 5 rings (SSSR count). The number of hydrogen-bond donors (Lipinski definition) is 0. The van der Waals surface area contributed by atoms with Crippen molar-refractivity contribution in [2.24, 2.45) is 0 Å². The average molecular weight is 453 g/mol. The summed E-state index contributed by atoms with van der Waals surface area (Å²) in [6.07, 6.45) is 0.835. The van der Waals surface area contributed by atoms with Crippen LogP contribution < -0.4 is 9.64 Å². The molecule has 0 fully saturated rings. The zero-order chi connectivity index (χ0) is 23.8. The molecule has 34 heavy (non-hydrogen) atoms. The molecule has 0 atom stereocenters. The quantitative estimate of drug-likeness (QED) is 0.509. The lowest BCUT2D eigenvalue weighted by Gasteiger charge is -2.31. The first-order valence-electron chi connectivity index (χ1n) is 11.7. The number of ether oxygens (including phenoxy) is 1. The Hall–Kier alpha value is -3.86. The molecule has 172 valence electrons. The largest absolute Gasteiger partial charge is 0.494 e. The zero-order valence-electron chi connectivity index (χ0n) is 19.8. The number of imide groups is 1. The van der Waals surface area contributed by atoms with Gasteiger partial charge in [-0.25, -0.2) is 4.90 Å². The smallest absolute Gasteiger partial charge is 0.282 e. The Bertz CT molecular complexity index is 1310. The second-order valence-electron chi connectivity index (χ2n) is 8.86. The van der Waals surface area contributed by atoms with Gasteiger partial charge in [-0.15, -0.1) is 0 Å². The van der Waals surface area contributed by atoms with Crippen molar-refractivity contribution in [1.29, 1.82) is 0 Å². The molecule has 0 bridgehead atoms. The van der Waals surface area contributed by atoms with Gasteiger partial charge in [-0.2, -0.15) is 0 Å². The van der Waals surface area contributed by atoms with Gasteiger partial charge >= 0.3 is 0 Å². The van der Waals surface area contributed by atoms with Crippen molar-refractivity contribution in [2.75, 3.05) is 18.1 Å². The monoisotopic (exact) mass is 452 g/mol. The van der Waals surface area contributed by atoms with Crippen molar-refractivity contribution in [2.45, 2.75) is 33.7 Å². The van der Waals surface area contributed by atoms with E-state index in [0.717, 1.165) is 28.9 Å². The lowest BCUT2D eigenvalue weighted by atomic mass is 9.98. The molecular weight excluding hydrogens is 424 g/mol. The normalized spacial score (nSPS) is 15.7. The van der Waals surface area contributed by atoms with Gasteiger partial charge in [0, 0.05) is 13.1 Å². The fourth-order valence-electron chi connectivity index (χ4n) is 4.92. The number of fused-ring (bicyclic) bond motifs is 1. The molecule has 3 aromatic rings. The predicted molar refractivity (Wildman–Crippen MR) is 133 cm³/mol. The third-order valence-corrected chi connectivity index (χ3v) is 6.55. The zero-order valence-corrected chi connectivity index (χ0v) is 19.8. The highest BCUT2D eigenvalue weighted by Gasteiger charge is 2.43. The summed E-state index contributed by atoms with van der Waals surface area (Å²) in [4.78, 5) is 31.2. The number of nitrogens with zero attached hydrogens (tertiary/aromatic N) is 2. The van der Waals surface area contributed by atoms with E-state index in [1.54, 1.807) is 0 Å². The van der Waals surface area contributed by atoms with Crippen LogP contribution in [0.1, 0.15) is 34.7 Å². The minimum Gasteiger partial charge on any atom is -0.494 e. The standard InChI is InChI=1S/C29H28N2O3/c1-4-34-24-12-10-22(11-13-24)26-27(30-16-15-21-7-5-6-8-23(21)18-30)29(33)31(28(26)32)25-14-9-19(2)17-20(25)3/h5-14,17H,4,15-16,18H2,1-3H3. The number of rotatable bonds is 5. The number of amides is 2. The number of anilines is 1. The van der Waals surface area contributed by atoms with Crippen LogP contribution in [0.25, 0.3) is 5.57 Å². The van der Waals surface area contributed by atoms with E-state index in [1.807, 2.05) is 75.4 Å². The maximum absolute atomic E-state index is 13.9. The highest BCUT2D eigenvalue weighted by molar-refractivity contribution is 6.45. The van der Waals surface area contributed by atoms with Gasteiger partial charge in [0.2, 0.25) is 0 Å². The molecule has 2 heterocycles. The van der Waals surface area contributed by atoms with E-state index in [0.29, 0.717) is 36.7 Å². The summed E-state index contributed by atoms with van der Waals surface area (Å²) >= 11 is 0. The number of aryl methyl sites for hydroxylation is 2. The molecular formula is C29H28N2O3. The number of benzene rings is 3. The van der Waals surface area contributed by atoms with Gasteiger partial charge in [0.15, 0.2) is 0 Å². The minimum absolute atomic E-state index is 0.264.